The fraction of sp³-hybridized carbons (Fsp3) is 0.286. The van der Waals surface area contributed by atoms with Crippen molar-refractivity contribution in [2.24, 2.45) is 5.73 Å². The summed E-state index contributed by atoms with van der Waals surface area (Å²) in [6.45, 7) is 6.91. The van der Waals surface area contributed by atoms with E-state index in [-0.39, 0.29) is 0 Å². The van der Waals surface area contributed by atoms with Gasteiger partial charge in [0.15, 0.2) is 0 Å². The van der Waals surface area contributed by atoms with Gasteiger partial charge in [-0.25, -0.2) is 0 Å². The van der Waals surface area contributed by atoms with Crippen LogP contribution in [-0.2, 0) is 6.54 Å². The molecule has 2 heteroatoms. The van der Waals surface area contributed by atoms with Gasteiger partial charge in [-0.15, -0.1) is 0 Å². The molecule has 0 saturated carbocycles. The highest BCUT2D eigenvalue weighted by Crippen LogP contribution is 2.25. The molecule has 0 aliphatic rings. The van der Waals surface area contributed by atoms with E-state index in [0.29, 0.717) is 6.54 Å². The van der Waals surface area contributed by atoms with Gasteiger partial charge in [-0.3, -0.25) is 0 Å². The topological polar surface area (TPSA) is 41.8 Å². The average Bonchev–Trinajstić information content (AvgIpc) is 2.59. The van der Waals surface area contributed by atoms with Crippen LogP contribution in [0.25, 0.3) is 11.3 Å². The van der Waals surface area contributed by atoms with Crippen LogP contribution in [-0.4, -0.2) is 4.98 Å². The molecule has 16 heavy (non-hydrogen) atoms. The molecule has 0 aliphatic heterocycles. The zero-order chi connectivity index (χ0) is 11.7. The first-order chi connectivity index (χ1) is 7.61. The first-order valence-corrected chi connectivity index (χ1v) is 5.58. The lowest BCUT2D eigenvalue weighted by Gasteiger charge is -2.04. The van der Waals surface area contributed by atoms with Crippen molar-refractivity contribution in [3.05, 3.63) is 46.6 Å². The Balaban J connectivity index is 2.50. The molecule has 0 saturated heterocycles. The SMILES string of the molecule is Cc1ccc(-c2cc(CN)c(C)[nH]2)c(C)c1. The summed E-state index contributed by atoms with van der Waals surface area (Å²) in [5.41, 5.74) is 13.0. The lowest BCUT2D eigenvalue weighted by atomic mass is 10.0. The van der Waals surface area contributed by atoms with E-state index in [4.69, 9.17) is 5.73 Å². The second kappa shape index (κ2) is 4.14. The van der Waals surface area contributed by atoms with E-state index in [1.165, 1.54) is 22.3 Å². The van der Waals surface area contributed by atoms with Gasteiger partial charge in [-0.1, -0.05) is 23.8 Å². The van der Waals surface area contributed by atoms with Crippen molar-refractivity contribution < 1.29 is 0 Å². The molecule has 1 aromatic heterocycles. The molecule has 0 fully saturated rings. The van der Waals surface area contributed by atoms with Crippen LogP contribution in [0.15, 0.2) is 24.3 Å². The van der Waals surface area contributed by atoms with E-state index in [1.54, 1.807) is 0 Å². The van der Waals surface area contributed by atoms with Crippen LogP contribution >= 0.6 is 0 Å². The largest absolute Gasteiger partial charge is 0.358 e. The van der Waals surface area contributed by atoms with Crippen molar-refractivity contribution in [2.45, 2.75) is 27.3 Å². The molecule has 2 aromatic rings. The third-order valence-electron chi connectivity index (χ3n) is 3.01. The van der Waals surface area contributed by atoms with Gasteiger partial charge in [-0.2, -0.15) is 0 Å². The molecule has 0 amide bonds. The predicted octanol–water partition coefficient (Wildman–Crippen LogP) is 3.07. The van der Waals surface area contributed by atoms with Gasteiger partial charge in [0, 0.05) is 23.5 Å². The number of nitrogens with two attached hydrogens (primary N) is 1. The van der Waals surface area contributed by atoms with E-state index in [0.717, 1.165) is 11.4 Å². The zero-order valence-corrected chi connectivity index (χ0v) is 10.1. The summed E-state index contributed by atoms with van der Waals surface area (Å²) in [5, 5.41) is 0. The molecular weight excluding hydrogens is 196 g/mol. The van der Waals surface area contributed by atoms with Gasteiger partial charge in [0.1, 0.15) is 0 Å². The van der Waals surface area contributed by atoms with E-state index in [9.17, 15) is 0 Å². The van der Waals surface area contributed by atoms with Gasteiger partial charge in [0.05, 0.1) is 0 Å². The summed E-state index contributed by atoms with van der Waals surface area (Å²) in [4.78, 5) is 3.39. The molecule has 0 atom stereocenters. The maximum absolute atomic E-state index is 5.68. The summed E-state index contributed by atoms with van der Waals surface area (Å²) in [6, 6.07) is 8.65. The summed E-state index contributed by atoms with van der Waals surface area (Å²) >= 11 is 0. The van der Waals surface area contributed by atoms with Crippen molar-refractivity contribution in [1.29, 1.82) is 0 Å². The molecule has 0 unspecified atom stereocenters. The van der Waals surface area contributed by atoms with Crippen LogP contribution < -0.4 is 5.73 Å². The molecule has 0 radical (unpaired) electrons. The predicted molar refractivity (Wildman–Crippen MR) is 68.3 cm³/mol. The fourth-order valence-electron chi connectivity index (χ4n) is 2.07. The number of benzene rings is 1. The molecule has 0 spiro atoms. The average molecular weight is 214 g/mol. The third-order valence-corrected chi connectivity index (χ3v) is 3.01. The molecule has 0 aliphatic carbocycles. The second-order valence-electron chi connectivity index (χ2n) is 4.36. The highest BCUT2D eigenvalue weighted by molar-refractivity contribution is 5.65. The quantitative estimate of drug-likeness (QED) is 0.792. The lowest BCUT2D eigenvalue weighted by molar-refractivity contribution is 1.04. The van der Waals surface area contributed by atoms with Crippen molar-refractivity contribution in [2.75, 3.05) is 0 Å². The third kappa shape index (κ3) is 1.89. The molecule has 1 aromatic carbocycles. The highest BCUT2D eigenvalue weighted by atomic mass is 14.7. The van der Waals surface area contributed by atoms with Gasteiger partial charge in [0.25, 0.3) is 0 Å². The molecule has 3 N–H and O–H groups in total. The van der Waals surface area contributed by atoms with Crippen LogP contribution in [0.1, 0.15) is 22.4 Å². The summed E-state index contributed by atoms with van der Waals surface area (Å²) in [5.74, 6) is 0. The van der Waals surface area contributed by atoms with Crippen LogP contribution in [0.3, 0.4) is 0 Å². The second-order valence-corrected chi connectivity index (χ2v) is 4.36. The molecule has 2 rings (SSSR count). The minimum absolute atomic E-state index is 0.591. The van der Waals surface area contributed by atoms with E-state index < -0.39 is 0 Å². The van der Waals surface area contributed by atoms with Crippen molar-refractivity contribution in [1.82, 2.24) is 4.98 Å². The number of H-pyrrole nitrogens is 1. The molecule has 0 bridgehead atoms. The number of aromatic amines is 1. The van der Waals surface area contributed by atoms with Crippen LogP contribution in [0.2, 0.25) is 0 Å². The Morgan fingerprint density at radius 3 is 2.44 bits per heavy atom. The van der Waals surface area contributed by atoms with Gasteiger partial charge >= 0.3 is 0 Å². The number of hydrogen-bond donors (Lipinski definition) is 2. The summed E-state index contributed by atoms with van der Waals surface area (Å²) in [7, 11) is 0. The number of aromatic nitrogens is 1. The van der Waals surface area contributed by atoms with Crippen molar-refractivity contribution in [3.8, 4) is 11.3 Å². The number of aryl methyl sites for hydroxylation is 3. The monoisotopic (exact) mass is 214 g/mol. The summed E-state index contributed by atoms with van der Waals surface area (Å²) in [6.07, 6.45) is 0. The lowest BCUT2D eigenvalue weighted by Crippen LogP contribution is -1.95. The number of hydrogen-bond acceptors (Lipinski definition) is 1. The van der Waals surface area contributed by atoms with E-state index in [2.05, 4.69) is 50.0 Å². The number of nitrogens with one attached hydrogen (secondary N) is 1. The Morgan fingerprint density at radius 1 is 1.12 bits per heavy atom. The zero-order valence-electron chi connectivity index (χ0n) is 10.1. The van der Waals surface area contributed by atoms with Gasteiger partial charge in [-0.05, 0) is 38.0 Å². The smallest absolute Gasteiger partial charge is 0.0462 e. The maximum atomic E-state index is 5.68. The van der Waals surface area contributed by atoms with Gasteiger partial charge < -0.3 is 10.7 Å². The normalized spacial score (nSPS) is 10.8. The number of rotatable bonds is 2. The van der Waals surface area contributed by atoms with Crippen molar-refractivity contribution >= 4 is 0 Å². The van der Waals surface area contributed by atoms with E-state index in [1.807, 2.05) is 0 Å². The minimum Gasteiger partial charge on any atom is -0.358 e. The molecular formula is C14H18N2. The Labute approximate surface area is 96.5 Å². The maximum Gasteiger partial charge on any atom is 0.0462 e. The Hall–Kier alpha value is -1.54. The summed E-state index contributed by atoms with van der Waals surface area (Å²) < 4.78 is 0. The molecule has 2 nitrogen and oxygen atoms in total. The molecule has 1 heterocycles. The standard InChI is InChI=1S/C14H18N2/c1-9-4-5-13(10(2)6-9)14-7-12(8-15)11(3)16-14/h4-7,16H,8,15H2,1-3H3. The van der Waals surface area contributed by atoms with Crippen molar-refractivity contribution in [3.63, 3.8) is 0 Å². The van der Waals surface area contributed by atoms with Crippen LogP contribution in [0.5, 0.6) is 0 Å². The van der Waals surface area contributed by atoms with Crippen LogP contribution in [0.4, 0.5) is 0 Å². The Kier molecular flexibility index (Phi) is 2.84. The highest BCUT2D eigenvalue weighted by Gasteiger charge is 2.07. The Morgan fingerprint density at radius 2 is 1.88 bits per heavy atom. The first-order valence-electron chi connectivity index (χ1n) is 5.58. The molecule has 84 valence electrons. The first kappa shape index (κ1) is 11.0. The van der Waals surface area contributed by atoms with Crippen LogP contribution in [0, 0.1) is 20.8 Å². The van der Waals surface area contributed by atoms with E-state index >= 15 is 0 Å². The fourth-order valence-corrected chi connectivity index (χ4v) is 2.07. The minimum atomic E-state index is 0.591. The Bertz CT molecular complexity index is 509. The van der Waals surface area contributed by atoms with Gasteiger partial charge in [0.2, 0.25) is 0 Å².